The van der Waals surface area contributed by atoms with Crippen molar-refractivity contribution in [2.45, 2.75) is 125 Å². The van der Waals surface area contributed by atoms with E-state index >= 15 is 0 Å². The molecule has 0 aromatic heterocycles. The average Bonchev–Trinajstić information content (AvgIpc) is 3.03. The van der Waals surface area contributed by atoms with Crippen molar-refractivity contribution in [2.75, 3.05) is 0 Å². The second-order valence-corrected chi connectivity index (χ2v) is 13.8. The largest absolute Gasteiger partial charge is 0.390 e. The number of hydrogen-bond donors (Lipinski definition) is 1. The Morgan fingerprint density at radius 3 is 2.47 bits per heavy atom. The highest BCUT2D eigenvalue weighted by Crippen LogP contribution is 2.67. The first kappa shape index (κ1) is 22.9. The van der Waals surface area contributed by atoms with Crippen molar-refractivity contribution in [3.8, 4) is 0 Å². The Balaban J connectivity index is 1.52. The van der Waals surface area contributed by atoms with Crippen molar-refractivity contribution in [1.29, 1.82) is 0 Å². The van der Waals surface area contributed by atoms with Crippen LogP contribution in [0, 0.1) is 45.8 Å². The Kier molecular flexibility index (Phi) is 5.82. The van der Waals surface area contributed by atoms with Crippen molar-refractivity contribution in [1.82, 2.24) is 0 Å². The summed E-state index contributed by atoms with van der Waals surface area (Å²) in [5.74, 6) is 4.49. The average molecular weight is 415 g/mol. The minimum atomic E-state index is -0.428. The first-order valence-electron chi connectivity index (χ1n) is 13.3. The maximum atomic E-state index is 11.0. The molecular weight excluding hydrogens is 364 g/mol. The third-order valence-electron chi connectivity index (χ3n) is 11.0. The highest BCUT2D eigenvalue weighted by Gasteiger charge is 2.59. The highest BCUT2D eigenvalue weighted by atomic mass is 16.3. The molecule has 4 rings (SSSR count). The van der Waals surface area contributed by atoms with Gasteiger partial charge in [-0.1, -0.05) is 60.1 Å². The highest BCUT2D eigenvalue weighted by molar-refractivity contribution is 5.27. The SMILES string of the molecule is CC[C@]1(O)CC[C@@]2(C)C(=CC[C@H]3[C@@H]4CC[C@H]([C@H](C)CCC(C)(C)C)[C@@]4(C)CC[C@@H]32)C1. The molecule has 0 aromatic carbocycles. The predicted molar refractivity (Wildman–Crippen MR) is 128 cm³/mol. The fourth-order valence-electron chi connectivity index (χ4n) is 8.85. The van der Waals surface area contributed by atoms with E-state index in [1.54, 1.807) is 5.57 Å². The van der Waals surface area contributed by atoms with E-state index in [-0.39, 0.29) is 0 Å². The van der Waals surface area contributed by atoms with Gasteiger partial charge in [0.15, 0.2) is 0 Å². The monoisotopic (exact) mass is 414 g/mol. The van der Waals surface area contributed by atoms with Gasteiger partial charge < -0.3 is 5.11 Å². The number of allylic oxidation sites excluding steroid dienone is 1. The number of aliphatic hydroxyl groups is 1. The molecule has 0 bridgehead atoms. The molecule has 4 aliphatic rings. The fraction of sp³-hybridized carbons (Fsp3) is 0.931. The van der Waals surface area contributed by atoms with Crippen LogP contribution in [0.3, 0.4) is 0 Å². The molecule has 1 N–H and O–H groups in total. The van der Waals surface area contributed by atoms with Gasteiger partial charge in [0.2, 0.25) is 0 Å². The lowest BCUT2D eigenvalue weighted by Crippen LogP contribution is -2.52. The standard InChI is InChI=1S/C29H50O/c1-8-29(30)18-17-27(6)21(19-29)9-10-22-24-12-11-23(20(2)13-15-26(3,4)5)28(24,7)16-14-25(22)27/h9,20,22-25,30H,8,10-19H2,1-7H3/t20-,22+,23-,24+,25+,27+,28-,29+/m1/s1. The summed E-state index contributed by atoms with van der Waals surface area (Å²) >= 11 is 0. The van der Waals surface area contributed by atoms with Crippen LogP contribution in [0.15, 0.2) is 11.6 Å². The molecule has 8 atom stereocenters. The van der Waals surface area contributed by atoms with Crippen LogP contribution >= 0.6 is 0 Å². The van der Waals surface area contributed by atoms with Crippen molar-refractivity contribution in [2.24, 2.45) is 45.8 Å². The van der Waals surface area contributed by atoms with E-state index in [2.05, 4.69) is 54.5 Å². The van der Waals surface area contributed by atoms with Gasteiger partial charge in [-0.05, 0) is 116 Å². The Hall–Kier alpha value is -0.300. The van der Waals surface area contributed by atoms with Crippen LogP contribution in [0.25, 0.3) is 0 Å². The zero-order chi connectivity index (χ0) is 21.9. The zero-order valence-corrected chi connectivity index (χ0v) is 21.2. The van der Waals surface area contributed by atoms with E-state index in [1.807, 2.05) is 0 Å². The molecule has 0 heterocycles. The molecule has 0 spiro atoms. The summed E-state index contributed by atoms with van der Waals surface area (Å²) in [4.78, 5) is 0. The van der Waals surface area contributed by atoms with Gasteiger partial charge in [-0.3, -0.25) is 0 Å². The Morgan fingerprint density at radius 2 is 1.80 bits per heavy atom. The third kappa shape index (κ3) is 3.74. The minimum absolute atomic E-state index is 0.363. The molecule has 30 heavy (non-hydrogen) atoms. The fourth-order valence-corrected chi connectivity index (χ4v) is 8.85. The Bertz CT molecular complexity index is 670. The van der Waals surface area contributed by atoms with Crippen LogP contribution in [0.2, 0.25) is 0 Å². The molecule has 4 aliphatic carbocycles. The van der Waals surface area contributed by atoms with Gasteiger partial charge in [0.25, 0.3) is 0 Å². The lowest BCUT2D eigenvalue weighted by Gasteiger charge is -2.59. The second-order valence-electron chi connectivity index (χ2n) is 13.8. The third-order valence-corrected chi connectivity index (χ3v) is 11.0. The van der Waals surface area contributed by atoms with Crippen LogP contribution < -0.4 is 0 Å². The molecular formula is C29H50O. The molecule has 0 aliphatic heterocycles. The Labute approximate surface area is 187 Å². The van der Waals surface area contributed by atoms with Crippen molar-refractivity contribution in [3.63, 3.8) is 0 Å². The molecule has 1 heteroatoms. The Morgan fingerprint density at radius 1 is 1.07 bits per heavy atom. The quantitative estimate of drug-likeness (QED) is 0.460. The van der Waals surface area contributed by atoms with E-state index in [9.17, 15) is 5.11 Å². The predicted octanol–water partition coefficient (Wildman–Crippen LogP) is 8.17. The normalized spacial score (nSPS) is 47.1. The first-order valence-corrected chi connectivity index (χ1v) is 13.3. The van der Waals surface area contributed by atoms with Gasteiger partial charge in [-0.2, -0.15) is 0 Å². The lowest BCUT2D eigenvalue weighted by molar-refractivity contribution is -0.0757. The van der Waals surface area contributed by atoms with Crippen LogP contribution in [0.5, 0.6) is 0 Å². The molecule has 1 nitrogen and oxygen atoms in total. The van der Waals surface area contributed by atoms with Crippen LogP contribution in [-0.2, 0) is 0 Å². The van der Waals surface area contributed by atoms with Gasteiger partial charge in [0.05, 0.1) is 5.60 Å². The zero-order valence-electron chi connectivity index (χ0n) is 21.2. The molecule has 0 saturated heterocycles. The van der Waals surface area contributed by atoms with E-state index < -0.39 is 5.60 Å². The summed E-state index contributed by atoms with van der Waals surface area (Å²) in [6.07, 6.45) is 16.6. The second kappa shape index (κ2) is 7.64. The molecule has 3 fully saturated rings. The number of rotatable bonds is 4. The molecule has 3 saturated carbocycles. The molecule has 0 unspecified atom stereocenters. The minimum Gasteiger partial charge on any atom is -0.390 e. The maximum absolute atomic E-state index is 11.0. The molecule has 0 amide bonds. The summed E-state index contributed by atoms with van der Waals surface area (Å²) in [7, 11) is 0. The smallest absolute Gasteiger partial charge is 0.0682 e. The van der Waals surface area contributed by atoms with E-state index in [1.165, 1.54) is 51.4 Å². The number of hydrogen-bond acceptors (Lipinski definition) is 1. The lowest BCUT2D eigenvalue weighted by atomic mass is 9.46. The molecule has 0 aromatic rings. The molecule has 0 radical (unpaired) electrons. The summed E-state index contributed by atoms with van der Waals surface area (Å²) < 4.78 is 0. The van der Waals surface area contributed by atoms with Gasteiger partial charge in [-0.25, -0.2) is 0 Å². The van der Waals surface area contributed by atoms with Gasteiger partial charge in [-0.15, -0.1) is 0 Å². The van der Waals surface area contributed by atoms with E-state index in [4.69, 9.17) is 0 Å². The maximum Gasteiger partial charge on any atom is 0.0682 e. The van der Waals surface area contributed by atoms with Crippen LogP contribution in [0.4, 0.5) is 0 Å². The topological polar surface area (TPSA) is 20.2 Å². The van der Waals surface area contributed by atoms with Crippen LogP contribution in [0.1, 0.15) is 119 Å². The van der Waals surface area contributed by atoms with Gasteiger partial charge in [0.1, 0.15) is 0 Å². The van der Waals surface area contributed by atoms with E-state index in [0.29, 0.717) is 16.2 Å². The van der Waals surface area contributed by atoms with Crippen LogP contribution in [-0.4, -0.2) is 10.7 Å². The van der Waals surface area contributed by atoms with Crippen molar-refractivity contribution < 1.29 is 5.11 Å². The summed E-state index contributed by atoms with van der Waals surface area (Å²) in [6, 6.07) is 0. The number of fused-ring (bicyclic) bond motifs is 5. The van der Waals surface area contributed by atoms with Gasteiger partial charge >= 0.3 is 0 Å². The summed E-state index contributed by atoms with van der Waals surface area (Å²) in [5.41, 5.74) is 2.59. The summed E-state index contributed by atoms with van der Waals surface area (Å²) in [6.45, 7) is 17.2. The summed E-state index contributed by atoms with van der Waals surface area (Å²) in [5, 5.41) is 11.0. The van der Waals surface area contributed by atoms with Crippen molar-refractivity contribution in [3.05, 3.63) is 11.6 Å². The van der Waals surface area contributed by atoms with Crippen molar-refractivity contribution >= 4 is 0 Å². The van der Waals surface area contributed by atoms with Gasteiger partial charge in [0, 0.05) is 0 Å². The first-order chi connectivity index (χ1) is 13.9. The molecule has 172 valence electrons. The van der Waals surface area contributed by atoms with E-state index in [0.717, 1.165) is 48.9 Å².